The molecule has 2 aromatic rings. The number of carbonyl (C=O) groups is 2. The summed E-state index contributed by atoms with van der Waals surface area (Å²) in [6.07, 6.45) is 0. The molecule has 0 aliphatic carbocycles. The summed E-state index contributed by atoms with van der Waals surface area (Å²) in [4.78, 5) is 31.7. The lowest BCUT2D eigenvalue weighted by atomic mass is 10.2. The highest BCUT2D eigenvalue weighted by Crippen LogP contribution is 2.21. The Morgan fingerprint density at radius 1 is 1.28 bits per heavy atom. The summed E-state index contributed by atoms with van der Waals surface area (Å²) in [6, 6.07) is 4.50. The molecule has 156 valence electrons. The third-order valence-corrected chi connectivity index (χ3v) is 4.57. The van der Waals surface area contributed by atoms with Crippen molar-refractivity contribution in [2.24, 2.45) is 0 Å². The number of hydrogen-bond acceptors (Lipinski definition) is 7. The van der Waals surface area contributed by atoms with Crippen molar-refractivity contribution in [2.75, 3.05) is 50.0 Å². The van der Waals surface area contributed by atoms with Crippen LogP contribution in [0.25, 0.3) is 0 Å². The highest BCUT2D eigenvalue weighted by atomic mass is 16.5. The van der Waals surface area contributed by atoms with Crippen LogP contribution in [0.1, 0.15) is 32.9 Å². The Hall–Kier alpha value is -3.14. The first kappa shape index (κ1) is 16.8. The van der Waals surface area contributed by atoms with E-state index in [1.54, 1.807) is 12.1 Å². The van der Waals surface area contributed by atoms with Crippen LogP contribution in [-0.2, 0) is 6.54 Å². The summed E-state index contributed by atoms with van der Waals surface area (Å²) in [7, 11) is 1.47. The maximum absolute atomic E-state index is 11.9. The molecule has 0 spiro atoms. The fourth-order valence-electron chi connectivity index (χ4n) is 3.10. The van der Waals surface area contributed by atoms with Gasteiger partial charge in [-0.3, -0.25) is 15.0 Å². The number of piperazine rings is 1. The van der Waals surface area contributed by atoms with Gasteiger partial charge in [0.1, 0.15) is 5.69 Å². The zero-order chi connectivity index (χ0) is 23.3. The smallest absolute Gasteiger partial charge is 0.321 e. The van der Waals surface area contributed by atoms with Crippen LogP contribution >= 0.6 is 0 Å². The van der Waals surface area contributed by atoms with E-state index in [0.29, 0.717) is 50.6 Å². The highest BCUT2D eigenvalue weighted by Gasteiger charge is 2.21. The van der Waals surface area contributed by atoms with Crippen LogP contribution in [-0.4, -0.2) is 66.8 Å². The van der Waals surface area contributed by atoms with Crippen molar-refractivity contribution in [3.05, 3.63) is 35.3 Å². The predicted octanol–water partition coefficient (Wildman–Crippen LogP) is 1.20. The normalized spacial score (nSPS) is 16.5. The van der Waals surface area contributed by atoms with Crippen LogP contribution in [0.3, 0.4) is 0 Å². The van der Waals surface area contributed by atoms with Crippen LogP contribution in [0.15, 0.2) is 22.7 Å². The lowest BCUT2D eigenvalue weighted by Crippen LogP contribution is -2.46. The Labute approximate surface area is 173 Å². The number of aromatic nitrogens is 2. The largest absolute Gasteiger partial charge is 0.368 e. The molecule has 10 heteroatoms. The minimum Gasteiger partial charge on any atom is -0.368 e. The molecule has 2 aromatic heterocycles. The molecule has 0 radical (unpaired) electrons. The van der Waals surface area contributed by atoms with E-state index in [9.17, 15) is 9.59 Å². The van der Waals surface area contributed by atoms with E-state index in [1.807, 2.05) is 11.8 Å². The zero-order valence-corrected chi connectivity index (χ0v) is 16.5. The van der Waals surface area contributed by atoms with Gasteiger partial charge in [0, 0.05) is 56.5 Å². The second kappa shape index (κ2) is 9.37. The topological polar surface area (TPSA) is 116 Å². The van der Waals surface area contributed by atoms with Gasteiger partial charge in [-0.2, -0.15) is 0 Å². The molecular formula is C19H27N7O3. The van der Waals surface area contributed by atoms with Gasteiger partial charge in [-0.05, 0) is 25.9 Å². The Kier molecular flexibility index (Phi) is 5.42. The Morgan fingerprint density at radius 2 is 2.07 bits per heavy atom. The number of urea groups is 1. The Morgan fingerprint density at radius 3 is 2.76 bits per heavy atom. The predicted molar refractivity (Wildman–Crippen MR) is 109 cm³/mol. The number of aryl methyl sites for hydroxylation is 1. The van der Waals surface area contributed by atoms with Gasteiger partial charge >= 0.3 is 6.03 Å². The lowest BCUT2D eigenvalue weighted by Gasteiger charge is -2.36. The van der Waals surface area contributed by atoms with E-state index < -0.39 is 12.8 Å². The summed E-state index contributed by atoms with van der Waals surface area (Å²) >= 11 is 0. The zero-order valence-electron chi connectivity index (χ0n) is 19.5. The van der Waals surface area contributed by atoms with E-state index in [2.05, 4.69) is 31.0 Å². The van der Waals surface area contributed by atoms with E-state index in [-0.39, 0.29) is 23.3 Å². The maximum Gasteiger partial charge on any atom is 0.321 e. The number of pyridine rings is 1. The molecule has 0 atom stereocenters. The first-order chi connectivity index (χ1) is 15.2. The number of amides is 3. The van der Waals surface area contributed by atoms with Crippen LogP contribution < -0.4 is 20.9 Å². The van der Waals surface area contributed by atoms with Crippen LogP contribution in [0.5, 0.6) is 0 Å². The molecule has 3 amide bonds. The van der Waals surface area contributed by atoms with Crippen molar-refractivity contribution in [3.63, 3.8) is 0 Å². The molecule has 10 nitrogen and oxygen atoms in total. The van der Waals surface area contributed by atoms with Gasteiger partial charge in [0.05, 0.1) is 17.1 Å². The number of anilines is 2. The number of nitrogens with zero attached hydrogens (tertiary/aromatic N) is 4. The lowest BCUT2D eigenvalue weighted by molar-refractivity contribution is 0.0958. The van der Waals surface area contributed by atoms with Gasteiger partial charge in [0.25, 0.3) is 5.91 Å². The average molecular weight is 404 g/mol. The molecule has 3 N–H and O–H groups in total. The standard InChI is InChI=1S/C19H27N7O3/c1-4-21-19(28)23-17-11-14(24-29-17)12-25-7-9-26(10-8-25)16-6-5-15(18(27)20-3)22-13(16)2/h5-6,11H,4,7-10,12H2,1-3H3,(H,20,27)(H2,21,23,28)/i2D3. The Balaban J connectivity index is 1.63. The van der Waals surface area contributed by atoms with Crippen molar-refractivity contribution in [1.82, 2.24) is 25.7 Å². The number of rotatable bonds is 6. The second-order valence-corrected chi connectivity index (χ2v) is 6.57. The number of nitrogens with one attached hydrogen (secondary N) is 3. The molecule has 0 bridgehead atoms. The van der Waals surface area contributed by atoms with E-state index >= 15 is 0 Å². The van der Waals surface area contributed by atoms with Crippen molar-refractivity contribution < 1.29 is 18.2 Å². The van der Waals surface area contributed by atoms with Crippen molar-refractivity contribution in [1.29, 1.82) is 0 Å². The fraction of sp³-hybridized carbons (Fsp3) is 0.474. The maximum atomic E-state index is 11.9. The molecular weight excluding hydrogens is 374 g/mol. The van der Waals surface area contributed by atoms with E-state index in [1.165, 1.54) is 13.1 Å². The summed E-state index contributed by atoms with van der Waals surface area (Å²) in [5, 5.41) is 11.6. The minimum absolute atomic E-state index is 0.0732. The molecule has 1 aliphatic heterocycles. The average Bonchev–Trinajstić information content (AvgIpc) is 3.19. The molecule has 0 saturated carbocycles. The molecule has 29 heavy (non-hydrogen) atoms. The van der Waals surface area contributed by atoms with E-state index in [0.717, 1.165) is 0 Å². The van der Waals surface area contributed by atoms with Gasteiger partial charge in [0.2, 0.25) is 5.88 Å². The third-order valence-electron chi connectivity index (χ3n) is 4.57. The van der Waals surface area contributed by atoms with Crippen molar-refractivity contribution in [3.8, 4) is 0 Å². The first-order valence-corrected chi connectivity index (χ1v) is 9.42. The molecule has 0 aromatic carbocycles. The quantitative estimate of drug-likeness (QED) is 0.662. The summed E-state index contributed by atoms with van der Waals surface area (Å²) in [5.41, 5.74) is 1.19. The van der Waals surface area contributed by atoms with E-state index in [4.69, 9.17) is 8.64 Å². The number of hydrogen-bond donors (Lipinski definition) is 3. The van der Waals surface area contributed by atoms with Crippen molar-refractivity contribution in [2.45, 2.75) is 20.3 Å². The molecule has 1 fully saturated rings. The van der Waals surface area contributed by atoms with Gasteiger partial charge < -0.3 is 20.1 Å². The number of carbonyl (C=O) groups excluding carboxylic acids is 2. The monoisotopic (exact) mass is 404 g/mol. The van der Waals surface area contributed by atoms with Gasteiger partial charge in [-0.15, -0.1) is 0 Å². The SMILES string of the molecule is [2H]C([2H])([2H])c1nc(C(=O)NC)ccc1N1CCN(Cc2cc(NC(=O)NCC)on2)CC1. The van der Waals surface area contributed by atoms with Gasteiger partial charge in [-0.1, -0.05) is 5.16 Å². The van der Waals surface area contributed by atoms with Crippen LogP contribution in [0.4, 0.5) is 16.4 Å². The molecule has 3 heterocycles. The minimum atomic E-state index is -2.44. The third kappa shape index (κ3) is 5.23. The molecule has 1 saturated heterocycles. The molecule has 0 unspecified atom stereocenters. The molecule has 3 rings (SSSR count). The summed E-state index contributed by atoms with van der Waals surface area (Å²) in [5.74, 6) is -0.158. The molecule has 1 aliphatic rings. The highest BCUT2D eigenvalue weighted by molar-refractivity contribution is 5.92. The summed E-state index contributed by atoms with van der Waals surface area (Å²) in [6.45, 7) is 2.94. The van der Waals surface area contributed by atoms with Crippen LogP contribution in [0.2, 0.25) is 0 Å². The van der Waals surface area contributed by atoms with Crippen molar-refractivity contribution >= 4 is 23.5 Å². The first-order valence-electron chi connectivity index (χ1n) is 10.9. The second-order valence-electron chi connectivity index (χ2n) is 6.57. The summed E-state index contributed by atoms with van der Waals surface area (Å²) < 4.78 is 28.7. The fourth-order valence-corrected chi connectivity index (χ4v) is 3.10. The van der Waals surface area contributed by atoms with Gasteiger partial charge in [0.15, 0.2) is 0 Å². The Bertz CT molecular complexity index is 956. The van der Waals surface area contributed by atoms with Crippen LogP contribution in [0, 0.1) is 6.85 Å². The van der Waals surface area contributed by atoms with Gasteiger partial charge in [-0.25, -0.2) is 9.78 Å².